The van der Waals surface area contributed by atoms with Crippen molar-refractivity contribution in [3.8, 4) is 0 Å². The number of nitrogens with zero attached hydrogens (tertiary/aromatic N) is 1. The highest BCUT2D eigenvalue weighted by molar-refractivity contribution is 6.67. The lowest BCUT2D eigenvalue weighted by Crippen LogP contribution is -2.44. The molecule has 88 valence electrons. The van der Waals surface area contributed by atoms with E-state index >= 15 is 0 Å². The number of alkyl halides is 3. The normalized spacial score (nSPS) is 23.5. The molecular formula is C7H10Cl3NO4. The Hall–Kier alpha value is 0.350. The second-order valence-electron chi connectivity index (χ2n) is 3.16. The number of aliphatic hydroxyl groups excluding tert-OH is 1. The van der Waals surface area contributed by atoms with Crippen LogP contribution in [-0.2, 0) is 9.47 Å². The van der Waals surface area contributed by atoms with Gasteiger partial charge in [-0.15, -0.1) is 4.91 Å². The molecule has 15 heavy (non-hydrogen) atoms. The lowest BCUT2D eigenvalue weighted by molar-refractivity contribution is -0.205. The van der Waals surface area contributed by atoms with Crippen LogP contribution in [0.25, 0.3) is 0 Å². The number of ether oxygens (including phenoxy) is 2. The molecule has 1 aliphatic rings. The zero-order valence-electron chi connectivity index (χ0n) is 7.66. The second kappa shape index (κ2) is 5.12. The summed E-state index contributed by atoms with van der Waals surface area (Å²) < 4.78 is 8.02. The molecule has 1 rings (SSSR count). The first kappa shape index (κ1) is 13.4. The third-order valence-corrected chi connectivity index (χ3v) is 2.61. The lowest BCUT2D eigenvalue weighted by Gasteiger charge is -2.33. The van der Waals surface area contributed by atoms with Gasteiger partial charge in [-0.1, -0.05) is 34.8 Å². The van der Waals surface area contributed by atoms with E-state index in [-0.39, 0.29) is 12.8 Å². The van der Waals surface area contributed by atoms with Crippen LogP contribution in [0.5, 0.6) is 0 Å². The fourth-order valence-corrected chi connectivity index (χ4v) is 1.33. The van der Waals surface area contributed by atoms with E-state index in [1.54, 1.807) is 0 Å². The van der Waals surface area contributed by atoms with E-state index < -0.39 is 15.8 Å². The van der Waals surface area contributed by atoms with Crippen LogP contribution < -0.4 is 0 Å². The Morgan fingerprint density at radius 2 is 1.93 bits per heavy atom. The van der Waals surface area contributed by atoms with Gasteiger partial charge in [-0.3, -0.25) is 0 Å². The molecule has 0 spiro atoms. The smallest absolute Gasteiger partial charge is 0.240 e. The second-order valence-corrected chi connectivity index (χ2v) is 5.53. The first-order valence-corrected chi connectivity index (χ1v) is 5.38. The summed E-state index contributed by atoms with van der Waals surface area (Å²) in [4.78, 5) is 10.7. The van der Waals surface area contributed by atoms with Crippen molar-refractivity contribution < 1.29 is 14.6 Å². The molecule has 0 bridgehead atoms. The van der Waals surface area contributed by atoms with Gasteiger partial charge in [-0.05, 0) is 5.18 Å². The van der Waals surface area contributed by atoms with Gasteiger partial charge in [0.25, 0.3) is 0 Å². The minimum Gasteiger partial charge on any atom is -0.381 e. The molecule has 8 heteroatoms. The van der Waals surface area contributed by atoms with E-state index in [0.29, 0.717) is 13.2 Å². The van der Waals surface area contributed by atoms with Crippen LogP contribution in [0.4, 0.5) is 0 Å². The monoisotopic (exact) mass is 277 g/mol. The van der Waals surface area contributed by atoms with Crippen LogP contribution in [0.3, 0.4) is 0 Å². The number of hydrogen-bond acceptors (Lipinski definition) is 5. The van der Waals surface area contributed by atoms with E-state index in [9.17, 15) is 10.0 Å². The SMILES string of the molecule is O=NC1(OC(O)C(Cl)(Cl)Cl)CCOCC1. The molecular weight excluding hydrogens is 268 g/mol. The van der Waals surface area contributed by atoms with Crippen molar-refractivity contribution in [2.45, 2.75) is 28.6 Å². The summed E-state index contributed by atoms with van der Waals surface area (Å²) in [6, 6.07) is 0. The Morgan fingerprint density at radius 1 is 1.40 bits per heavy atom. The van der Waals surface area contributed by atoms with E-state index in [0.717, 1.165) is 0 Å². The number of aliphatic hydroxyl groups is 1. The first-order chi connectivity index (χ1) is 6.90. The van der Waals surface area contributed by atoms with Crippen molar-refractivity contribution in [2.75, 3.05) is 13.2 Å². The third-order valence-electron chi connectivity index (χ3n) is 2.05. The number of nitroso groups, excluding NO2 is 1. The van der Waals surface area contributed by atoms with Crippen LogP contribution in [0.15, 0.2) is 5.18 Å². The van der Waals surface area contributed by atoms with Crippen LogP contribution in [0.1, 0.15) is 12.8 Å². The molecule has 0 aromatic rings. The number of hydrogen-bond donors (Lipinski definition) is 1. The molecule has 0 radical (unpaired) electrons. The Labute approximate surface area is 102 Å². The Kier molecular flexibility index (Phi) is 4.58. The highest BCUT2D eigenvalue weighted by Gasteiger charge is 2.43. The highest BCUT2D eigenvalue weighted by Crippen LogP contribution is 2.36. The molecule has 0 aromatic carbocycles. The van der Waals surface area contributed by atoms with Crippen LogP contribution in [0, 0.1) is 4.91 Å². The Bertz CT molecular complexity index is 227. The third kappa shape index (κ3) is 3.69. The molecule has 1 atom stereocenters. The van der Waals surface area contributed by atoms with Crippen molar-refractivity contribution in [2.24, 2.45) is 5.18 Å². The van der Waals surface area contributed by atoms with Crippen molar-refractivity contribution in [3.63, 3.8) is 0 Å². The van der Waals surface area contributed by atoms with Gasteiger partial charge in [0.1, 0.15) is 0 Å². The first-order valence-electron chi connectivity index (χ1n) is 4.24. The van der Waals surface area contributed by atoms with Crippen molar-refractivity contribution in [3.05, 3.63) is 4.91 Å². The van der Waals surface area contributed by atoms with E-state index in [1.165, 1.54) is 0 Å². The summed E-state index contributed by atoms with van der Waals surface area (Å²) in [5.41, 5.74) is -1.36. The van der Waals surface area contributed by atoms with Gasteiger partial charge in [0.05, 0.1) is 13.2 Å². The van der Waals surface area contributed by atoms with Crippen LogP contribution in [-0.4, -0.2) is 34.1 Å². The Morgan fingerprint density at radius 3 is 2.33 bits per heavy atom. The van der Waals surface area contributed by atoms with Gasteiger partial charge in [0, 0.05) is 12.8 Å². The average molecular weight is 279 g/mol. The van der Waals surface area contributed by atoms with Crippen molar-refractivity contribution in [1.82, 2.24) is 0 Å². The molecule has 5 nitrogen and oxygen atoms in total. The van der Waals surface area contributed by atoms with Gasteiger partial charge >= 0.3 is 0 Å². The molecule has 0 amide bonds. The molecule has 1 N–H and O–H groups in total. The summed E-state index contributed by atoms with van der Waals surface area (Å²) in [6.45, 7) is 0.636. The maximum atomic E-state index is 10.7. The molecule has 0 aliphatic carbocycles. The molecule has 1 heterocycles. The maximum Gasteiger partial charge on any atom is 0.240 e. The maximum absolute atomic E-state index is 10.7. The van der Waals surface area contributed by atoms with Crippen LogP contribution >= 0.6 is 34.8 Å². The van der Waals surface area contributed by atoms with Gasteiger partial charge in [0.2, 0.25) is 15.8 Å². The molecule has 1 aliphatic heterocycles. The summed E-state index contributed by atoms with van der Waals surface area (Å²) in [7, 11) is 0. The molecule has 1 unspecified atom stereocenters. The molecule has 1 fully saturated rings. The van der Waals surface area contributed by atoms with Gasteiger partial charge in [0.15, 0.2) is 0 Å². The summed E-state index contributed by atoms with van der Waals surface area (Å²) >= 11 is 16.2. The van der Waals surface area contributed by atoms with Gasteiger partial charge in [-0.25, -0.2) is 0 Å². The van der Waals surface area contributed by atoms with E-state index in [4.69, 9.17) is 44.3 Å². The van der Waals surface area contributed by atoms with Crippen molar-refractivity contribution >= 4 is 34.8 Å². The van der Waals surface area contributed by atoms with Crippen molar-refractivity contribution in [1.29, 1.82) is 0 Å². The summed E-state index contributed by atoms with van der Waals surface area (Å²) in [5, 5.41) is 12.2. The number of rotatable bonds is 3. The predicted octanol–water partition coefficient (Wildman–Crippen LogP) is 1.96. The largest absolute Gasteiger partial charge is 0.381 e. The molecule has 0 aromatic heterocycles. The fraction of sp³-hybridized carbons (Fsp3) is 1.00. The highest BCUT2D eigenvalue weighted by atomic mass is 35.6. The molecule has 0 saturated carbocycles. The molecule has 1 saturated heterocycles. The van der Waals surface area contributed by atoms with E-state index in [1.807, 2.05) is 0 Å². The Balaban J connectivity index is 2.63. The van der Waals surface area contributed by atoms with Gasteiger partial charge < -0.3 is 14.6 Å². The minimum absolute atomic E-state index is 0.230. The fourth-order valence-electron chi connectivity index (χ4n) is 1.20. The topological polar surface area (TPSA) is 68.1 Å². The predicted molar refractivity (Wildman–Crippen MR) is 56.0 cm³/mol. The standard InChI is InChI=1S/C7H10Cl3NO4/c8-7(9,10)5(12)15-6(11-13)1-3-14-4-2-6/h5,12H,1-4H2. The summed E-state index contributed by atoms with van der Waals surface area (Å²) in [6.07, 6.45) is -1.24. The quantitative estimate of drug-likeness (QED) is 0.487. The van der Waals surface area contributed by atoms with Gasteiger partial charge in [-0.2, -0.15) is 0 Å². The minimum atomic E-state index is -2.00. The zero-order valence-corrected chi connectivity index (χ0v) is 9.93. The van der Waals surface area contributed by atoms with E-state index in [2.05, 4.69) is 5.18 Å². The lowest BCUT2D eigenvalue weighted by atomic mass is 10.1. The van der Waals surface area contributed by atoms with Crippen LogP contribution in [0.2, 0.25) is 0 Å². The number of halogens is 3. The zero-order chi connectivity index (χ0) is 11.5. The average Bonchev–Trinajstić information content (AvgIpc) is 2.18. The summed E-state index contributed by atoms with van der Waals surface area (Å²) in [5.74, 6) is 0.